The second-order valence-corrected chi connectivity index (χ2v) is 5.24. The van der Waals surface area contributed by atoms with E-state index in [4.69, 9.17) is 4.74 Å². The Morgan fingerprint density at radius 1 is 1.61 bits per heavy atom. The maximum absolute atomic E-state index is 11.9. The Bertz CT molecular complexity index is 558. The quantitative estimate of drug-likeness (QED) is 0.858. The molecule has 0 radical (unpaired) electrons. The van der Waals surface area contributed by atoms with Crippen LogP contribution in [-0.2, 0) is 14.9 Å². The third-order valence-electron chi connectivity index (χ3n) is 3.10. The number of nitrogens with one attached hydrogen (secondary N) is 1. The van der Waals surface area contributed by atoms with Crippen LogP contribution in [0.4, 0.5) is 0 Å². The normalized spacial score (nSPS) is 16.5. The van der Waals surface area contributed by atoms with E-state index >= 15 is 0 Å². The first-order chi connectivity index (χ1) is 8.76. The van der Waals surface area contributed by atoms with Gasteiger partial charge in [0.25, 0.3) is 0 Å². The zero-order chi connectivity index (χ0) is 12.6. The lowest BCUT2D eigenvalue weighted by Gasteiger charge is -2.09. The molecule has 0 unspecified atom stereocenters. The molecule has 2 heterocycles. The second kappa shape index (κ2) is 4.20. The predicted molar refractivity (Wildman–Crippen MR) is 67.2 cm³/mol. The van der Waals surface area contributed by atoms with Gasteiger partial charge in [-0.1, -0.05) is 6.07 Å². The Morgan fingerprint density at radius 3 is 3.06 bits per heavy atom. The van der Waals surface area contributed by atoms with Gasteiger partial charge in [0.1, 0.15) is 11.2 Å². The molecule has 0 aromatic carbocycles. The molecule has 0 bridgehead atoms. The van der Waals surface area contributed by atoms with E-state index in [1.165, 1.54) is 0 Å². The highest BCUT2D eigenvalue weighted by atomic mass is 32.1. The minimum Gasteiger partial charge on any atom is -0.465 e. The number of hydrogen-bond donors (Lipinski definition) is 1. The molecule has 94 valence electrons. The smallest absolute Gasteiger partial charge is 0.319 e. The summed E-state index contributed by atoms with van der Waals surface area (Å²) in [6.07, 6.45) is 1.57. The molecular weight excluding hydrogens is 250 g/mol. The van der Waals surface area contributed by atoms with Crippen molar-refractivity contribution in [3.63, 3.8) is 0 Å². The molecule has 0 saturated heterocycles. The second-order valence-electron chi connectivity index (χ2n) is 4.29. The number of esters is 1. The van der Waals surface area contributed by atoms with E-state index in [1.54, 1.807) is 11.3 Å². The van der Waals surface area contributed by atoms with Gasteiger partial charge in [-0.05, 0) is 31.2 Å². The molecule has 6 heteroatoms. The standard InChI is InChI=1S/C12H13N3O2S/c1-2-17-11(16)12(5-6-12)10-13-9(14-15-10)8-4-3-7-18-8/h3-4,7H,2,5-6H2,1H3,(H,13,14,15). The van der Waals surface area contributed by atoms with Gasteiger partial charge >= 0.3 is 5.97 Å². The monoisotopic (exact) mass is 263 g/mol. The molecule has 18 heavy (non-hydrogen) atoms. The fraction of sp³-hybridized carbons (Fsp3) is 0.417. The molecule has 3 rings (SSSR count). The Kier molecular flexibility index (Phi) is 2.66. The summed E-state index contributed by atoms with van der Waals surface area (Å²) in [6.45, 7) is 2.21. The van der Waals surface area contributed by atoms with E-state index in [0.717, 1.165) is 17.7 Å². The Morgan fingerprint density at radius 2 is 2.44 bits per heavy atom. The van der Waals surface area contributed by atoms with E-state index in [2.05, 4.69) is 15.2 Å². The topological polar surface area (TPSA) is 67.9 Å². The lowest BCUT2D eigenvalue weighted by molar-refractivity contribution is -0.146. The molecule has 0 aliphatic heterocycles. The minimum atomic E-state index is -0.571. The summed E-state index contributed by atoms with van der Waals surface area (Å²) in [6, 6.07) is 3.91. The molecular formula is C12H13N3O2S. The number of thiophene rings is 1. The first-order valence-electron chi connectivity index (χ1n) is 5.90. The Balaban J connectivity index is 1.88. The van der Waals surface area contributed by atoms with Gasteiger partial charge in [0, 0.05) is 0 Å². The zero-order valence-electron chi connectivity index (χ0n) is 9.97. The molecule has 2 aromatic heterocycles. The highest BCUT2D eigenvalue weighted by Crippen LogP contribution is 2.48. The summed E-state index contributed by atoms with van der Waals surface area (Å²) in [5, 5.41) is 9.03. The number of aromatic nitrogens is 3. The molecule has 0 amide bonds. The summed E-state index contributed by atoms with van der Waals surface area (Å²) >= 11 is 1.58. The van der Waals surface area contributed by atoms with Gasteiger partial charge in [-0.3, -0.25) is 9.89 Å². The fourth-order valence-corrected chi connectivity index (χ4v) is 2.58. The molecule has 1 N–H and O–H groups in total. The van der Waals surface area contributed by atoms with Crippen LogP contribution in [0.3, 0.4) is 0 Å². The Labute approximate surface area is 108 Å². The van der Waals surface area contributed by atoms with Gasteiger partial charge in [0.05, 0.1) is 11.5 Å². The number of aromatic amines is 1. The number of H-pyrrole nitrogens is 1. The zero-order valence-corrected chi connectivity index (χ0v) is 10.8. The van der Waals surface area contributed by atoms with Crippen molar-refractivity contribution in [2.75, 3.05) is 6.61 Å². The van der Waals surface area contributed by atoms with E-state index < -0.39 is 5.41 Å². The highest BCUT2D eigenvalue weighted by molar-refractivity contribution is 7.13. The number of rotatable bonds is 4. The van der Waals surface area contributed by atoms with Crippen LogP contribution < -0.4 is 0 Å². The summed E-state index contributed by atoms with van der Waals surface area (Å²) in [7, 11) is 0. The molecule has 1 aliphatic rings. The number of ether oxygens (including phenoxy) is 1. The molecule has 0 spiro atoms. The number of carbonyl (C=O) groups excluding carboxylic acids is 1. The third kappa shape index (κ3) is 1.73. The third-order valence-corrected chi connectivity index (χ3v) is 3.96. The lowest BCUT2D eigenvalue weighted by Crippen LogP contribution is -2.24. The minimum absolute atomic E-state index is 0.195. The van der Waals surface area contributed by atoms with Crippen molar-refractivity contribution in [2.45, 2.75) is 25.2 Å². The van der Waals surface area contributed by atoms with Crippen LogP contribution >= 0.6 is 11.3 Å². The van der Waals surface area contributed by atoms with E-state index in [1.807, 2.05) is 24.4 Å². The van der Waals surface area contributed by atoms with Crippen LogP contribution in [0.1, 0.15) is 25.6 Å². The Hall–Kier alpha value is -1.69. The molecule has 1 fully saturated rings. The van der Waals surface area contributed by atoms with Crippen LogP contribution in [-0.4, -0.2) is 27.8 Å². The van der Waals surface area contributed by atoms with Crippen molar-refractivity contribution in [2.24, 2.45) is 0 Å². The van der Waals surface area contributed by atoms with Gasteiger partial charge in [0.2, 0.25) is 0 Å². The predicted octanol–water partition coefficient (Wildman–Crippen LogP) is 2.13. The number of hydrogen-bond acceptors (Lipinski definition) is 5. The fourth-order valence-electron chi connectivity index (χ4n) is 1.92. The van der Waals surface area contributed by atoms with Gasteiger partial charge in [-0.15, -0.1) is 11.3 Å². The van der Waals surface area contributed by atoms with Crippen LogP contribution in [0, 0.1) is 0 Å². The van der Waals surface area contributed by atoms with Crippen molar-refractivity contribution < 1.29 is 9.53 Å². The summed E-state index contributed by atoms with van der Waals surface area (Å²) < 4.78 is 5.10. The van der Waals surface area contributed by atoms with Crippen molar-refractivity contribution in [1.82, 2.24) is 15.2 Å². The molecule has 0 atom stereocenters. The van der Waals surface area contributed by atoms with Gasteiger partial charge in [-0.25, -0.2) is 4.98 Å². The maximum Gasteiger partial charge on any atom is 0.319 e. The van der Waals surface area contributed by atoms with E-state index in [-0.39, 0.29) is 5.97 Å². The van der Waals surface area contributed by atoms with Crippen LogP contribution in [0.15, 0.2) is 17.5 Å². The van der Waals surface area contributed by atoms with E-state index in [0.29, 0.717) is 18.3 Å². The van der Waals surface area contributed by atoms with Crippen LogP contribution in [0.5, 0.6) is 0 Å². The van der Waals surface area contributed by atoms with E-state index in [9.17, 15) is 4.79 Å². The molecule has 2 aromatic rings. The molecule has 5 nitrogen and oxygen atoms in total. The van der Waals surface area contributed by atoms with Gasteiger partial charge < -0.3 is 4.74 Å². The number of carbonyl (C=O) groups is 1. The lowest BCUT2D eigenvalue weighted by atomic mass is 10.1. The first kappa shape index (κ1) is 11.4. The maximum atomic E-state index is 11.9. The average molecular weight is 263 g/mol. The average Bonchev–Trinajstić information content (AvgIpc) is 2.83. The van der Waals surface area contributed by atoms with Crippen molar-refractivity contribution >= 4 is 17.3 Å². The van der Waals surface area contributed by atoms with Crippen LogP contribution in [0.25, 0.3) is 10.7 Å². The van der Waals surface area contributed by atoms with Crippen molar-refractivity contribution in [3.8, 4) is 10.7 Å². The van der Waals surface area contributed by atoms with Crippen molar-refractivity contribution in [3.05, 3.63) is 23.3 Å². The largest absolute Gasteiger partial charge is 0.465 e. The first-order valence-corrected chi connectivity index (χ1v) is 6.78. The summed E-state index contributed by atoms with van der Waals surface area (Å²) in [5.74, 6) is 1.08. The molecule has 1 saturated carbocycles. The SMILES string of the molecule is CCOC(=O)C1(c2nc(-c3cccs3)n[nH]2)CC1. The number of nitrogens with zero attached hydrogens (tertiary/aromatic N) is 2. The van der Waals surface area contributed by atoms with Gasteiger partial charge in [-0.2, -0.15) is 5.10 Å². The highest BCUT2D eigenvalue weighted by Gasteiger charge is 2.55. The van der Waals surface area contributed by atoms with Crippen molar-refractivity contribution in [1.29, 1.82) is 0 Å². The summed E-state index contributed by atoms with van der Waals surface area (Å²) in [5.41, 5.74) is -0.571. The summed E-state index contributed by atoms with van der Waals surface area (Å²) in [4.78, 5) is 17.3. The molecule has 1 aliphatic carbocycles. The van der Waals surface area contributed by atoms with Crippen LogP contribution in [0.2, 0.25) is 0 Å². The van der Waals surface area contributed by atoms with Gasteiger partial charge in [0.15, 0.2) is 5.82 Å².